The van der Waals surface area contributed by atoms with Crippen LogP contribution in [0.4, 0.5) is 14.5 Å². The first kappa shape index (κ1) is 18.0. The molecule has 0 aliphatic carbocycles. The maximum Gasteiger partial charge on any atom is 0.273 e. The zero-order valence-corrected chi connectivity index (χ0v) is 13.4. The van der Waals surface area contributed by atoms with Crippen molar-refractivity contribution in [3.8, 4) is 0 Å². The van der Waals surface area contributed by atoms with Crippen molar-refractivity contribution in [1.29, 1.82) is 0 Å². The van der Waals surface area contributed by atoms with Gasteiger partial charge in [-0.05, 0) is 34.1 Å². The predicted molar refractivity (Wildman–Crippen MR) is 77.6 cm³/mol. The van der Waals surface area contributed by atoms with Crippen molar-refractivity contribution in [1.82, 2.24) is 4.72 Å². The third kappa shape index (κ3) is 5.30. The number of sulfonamides is 1. The van der Waals surface area contributed by atoms with Crippen molar-refractivity contribution in [3.05, 3.63) is 22.7 Å². The van der Waals surface area contributed by atoms with E-state index in [9.17, 15) is 22.0 Å². The van der Waals surface area contributed by atoms with Crippen molar-refractivity contribution >= 4 is 37.5 Å². The zero-order valence-electron chi connectivity index (χ0n) is 11.0. The van der Waals surface area contributed by atoms with E-state index in [1.54, 1.807) is 4.72 Å². The summed E-state index contributed by atoms with van der Waals surface area (Å²) in [6, 6.07) is 3.74. The Labute approximate surface area is 129 Å². The van der Waals surface area contributed by atoms with Gasteiger partial charge in [0.2, 0.25) is 15.9 Å². The number of alkyl halides is 2. The summed E-state index contributed by atoms with van der Waals surface area (Å²) in [4.78, 5) is 10.7. The topological polar surface area (TPSA) is 101 Å². The second-order valence-electron chi connectivity index (χ2n) is 4.21. The number of nitrogens with one attached hydrogen (secondary N) is 2. The average molecular weight is 386 g/mol. The Balaban J connectivity index is 2.94. The van der Waals surface area contributed by atoms with Gasteiger partial charge < -0.3 is 11.1 Å². The number of amides is 1. The summed E-state index contributed by atoms with van der Waals surface area (Å²) >= 11 is 3.10. The molecule has 118 valence electrons. The van der Waals surface area contributed by atoms with E-state index >= 15 is 0 Å². The molecule has 0 atom stereocenters. The highest BCUT2D eigenvalue weighted by Crippen LogP contribution is 2.26. The molecular weight excluding hydrogens is 372 g/mol. The fourth-order valence-corrected chi connectivity index (χ4v) is 3.03. The Morgan fingerprint density at radius 2 is 2.05 bits per heavy atom. The number of benzene rings is 1. The molecule has 1 rings (SSSR count). The maximum absolute atomic E-state index is 13.0. The number of anilines is 1. The predicted octanol–water partition coefficient (Wildman–Crippen LogP) is 1.28. The SMILES string of the molecule is CC(=O)Nc1ccc(S(=O)(=O)NCC(F)(F)CN)cc1Br. The van der Waals surface area contributed by atoms with Crippen LogP contribution in [0.25, 0.3) is 0 Å². The summed E-state index contributed by atoms with van der Waals surface area (Å²) in [7, 11) is -4.10. The molecular formula is C11H14BrF2N3O3S. The first-order valence-electron chi connectivity index (χ1n) is 5.72. The van der Waals surface area contributed by atoms with Gasteiger partial charge in [-0.3, -0.25) is 4.79 Å². The van der Waals surface area contributed by atoms with Crippen LogP contribution in [0, 0.1) is 0 Å². The van der Waals surface area contributed by atoms with Gasteiger partial charge in [0.05, 0.1) is 23.7 Å². The van der Waals surface area contributed by atoms with Gasteiger partial charge in [-0.1, -0.05) is 0 Å². The van der Waals surface area contributed by atoms with Crippen LogP contribution in [-0.4, -0.2) is 33.3 Å². The molecule has 0 heterocycles. The van der Waals surface area contributed by atoms with Crippen LogP contribution in [0.2, 0.25) is 0 Å². The lowest BCUT2D eigenvalue weighted by molar-refractivity contribution is -0.114. The van der Waals surface area contributed by atoms with E-state index in [0.29, 0.717) is 10.2 Å². The molecule has 0 saturated carbocycles. The summed E-state index contributed by atoms with van der Waals surface area (Å²) in [5.74, 6) is -3.65. The number of carbonyl (C=O) groups excluding carboxylic acids is 1. The number of hydrogen-bond acceptors (Lipinski definition) is 4. The molecule has 0 saturated heterocycles. The first-order chi connectivity index (χ1) is 9.57. The lowest BCUT2D eigenvalue weighted by atomic mass is 10.3. The number of hydrogen-bond donors (Lipinski definition) is 3. The van der Waals surface area contributed by atoms with Gasteiger partial charge >= 0.3 is 0 Å². The van der Waals surface area contributed by atoms with Gasteiger partial charge in [0, 0.05) is 11.4 Å². The van der Waals surface area contributed by atoms with Gasteiger partial charge in [-0.15, -0.1) is 0 Å². The molecule has 6 nitrogen and oxygen atoms in total. The van der Waals surface area contributed by atoms with E-state index in [-0.39, 0.29) is 10.8 Å². The molecule has 0 aliphatic heterocycles. The Morgan fingerprint density at radius 1 is 1.43 bits per heavy atom. The van der Waals surface area contributed by atoms with E-state index in [2.05, 4.69) is 21.2 Å². The molecule has 0 aromatic heterocycles. The fourth-order valence-electron chi connectivity index (χ4n) is 1.31. The standard InChI is InChI=1S/C11H14BrF2N3O3S/c1-7(18)17-10-3-2-8(4-9(10)12)21(19,20)16-6-11(13,14)5-15/h2-4,16H,5-6,15H2,1H3,(H,17,18). The minimum atomic E-state index is -4.10. The molecule has 21 heavy (non-hydrogen) atoms. The number of rotatable bonds is 6. The van der Waals surface area contributed by atoms with Gasteiger partial charge in [0.25, 0.3) is 5.92 Å². The molecule has 1 aromatic carbocycles. The second-order valence-corrected chi connectivity index (χ2v) is 6.83. The molecule has 0 fully saturated rings. The van der Waals surface area contributed by atoms with Crippen LogP contribution in [-0.2, 0) is 14.8 Å². The van der Waals surface area contributed by atoms with E-state index in [1.807, 2.05) is 0 Å². The van der Waals surface area contributed by atoms with Crippen molar-refractivity contribution < 1.29 is 22.0 Å². The van der Waals surface area contributed by atoms with E-state index in [4.69, 9.17) is 5.73 Å². The summed E-state index contributed by atoms with van der Waals surface area (Å²) in [6.45, 7) is -0.745. The minimum Gasteiger partial charge on any atom is -0.325 e. The van der Waals surface area contributed by atoms with Crippen molar-refractivity contribution in [2.24, 2.45) is 5.73 Å². The van der Waals surface area contributed by atoms with Crippen LogP contribution in [0.15, 0.2) is 27.6 Å². The number of carbonyl (C=O) groups is 1. The van der Waals surface area contributed by atoms with Crippen LogP contribution in [0.5, 0.6) is 0 Å². The van der Waals surface area contributed by atoms with E-state index in [0.717, 1.165) is 0 Å². The molecule has 10 heteroatoms. The lowest BCUT2D eigenvalue weighted by Gasteiger charge is -2.15. The summed E-state index contributed by atoms with van der Waals surface area (Å²) < 4.78 is 51.8. The molecule has 4 N–H and O–H groups in total. The minimum absolute atomic E-state index is 0.212. The summed E-state index contributed by atoms with van der Waals surface area (Å²) in [6.07, 6.45) is 0. The first-order valence-corrected chi connectivity index (χ1v) is 8.00. The lowest BCUT2D eigenvalue weighted by Crippen LogP contribution is -2.41. The van der Waals surface area contributed by atoms with Crippen molar-refractivity contribution in [2.75, 3.05) is 18.4 Å². The zero-order chi connectivity index (χ0) is 16.3. The molecule has 0 aliphatic rings. The molecule has 0 spiro atoms. The van der Waals surface area contributed by atoms with Crippen LogP contribution < -0.4 is 15.8 Å². The van der Waals surface area contributed by atoms with Gasteiger partial charge in [-0.2, -0.15) is 0 Å². The molecule has 1 amide bonds. The smallest absolute Gasteiger partial charge is 0.273 e. The van der Waals surface area contributed by atoms with Gasteiger partial charge in [0.15, 0.2) is 0 Å². The normalized spacial score (nSPS) is 12.2. The quantitative estimate of drug-likeness (QED) is 0.686. The molecule has 1 aromatic rings. The highest BCUT2D eigenvalue weighted by molar-refractivity contribution is 9.10. The van der Waals surface area contributed by atoms with Crippen molar-refractivity contribution in [2.45, 2.75) is 17.7 Å². The van der Waals surface area contributed by atoms with Gasteiger partial charge in [0.1, 0.15) is 0 Å². The van der Waals surface area contributed by atoms with Crippen LogP contribution in [0.1, 0.15) is 6.92 Å². The molecule has 0 unspecified atom stereocenters. The monoisotopic (exact) mass is 385 g/mol. The van der Waals surface area contributed by atoms with Crippen LogP contribution in [0.3, 0.4) is 0 Å². The number of halogens is 3. The average Bonchev–Trinajstić information content (AvgIpc) is 2.38. The largest absolute Gasteiger partial charge is 0.325 e. The Hall–Kier alpha value is -1.10. The number of nitrogens with two attached hydrogens (primary N) is 1. The Morgan fingerprint density at radius 3 is 2.52 bits per heavy atom. The Kier molecular flexibility index (Phi) is 5.79. The van der Waals surface area contributed by atoms with Crippen molar-refractivity contribution in [3.63, 3.8) is 0 Å². The summed E-state index contributed by atoms with van der Waals surface area (Å²) in [5.41, 5.74) is 5.20. The van der Waals surface area contributed by atoms with Gasteiger partial charge in [-0.25, -0.2) is 21.9 Å². The summed E-state index contributed by atoms with van der Waals surface area (Å²) in [5, 5.41) is 2.48. The van der Waals surface area contributed by atoms with E-state index < -0.39 is 29.0 Å². The Bertz CT molecular complexity index is 638. The molecule has 0 radical (unpaired) electrons. The third-order valence-electron chi connectivity index (χ3n) is 2.38. The second kappa shape index (κ2) is 6.77. The van der Waals surface area contributed by atoms with Crippen LogP contribution >= 0.6 is 15.9 Å². The van der Waals surface area contributed by atoms with E-state index in [1.165, 1.54) is 25.1 Å². The molecule has 0 bridgehead atoms. The fraction of sp³-hybridized carbons (Fsp3) is 0.364. The third-order valence-corrected chi connectivity index (χ3v) is 4.44. The highest BCUT2D eigenvalue weighted by atomic mass is 79.9. The maximum atomic E-state index is 13.0. The highest BCUT2D eigenvalue weighted by Gasteiger charge is 2.29.